The van der Waals surface area contributed by atoms with Gasteiger partial charge in [0.2, 0.25) is 0 Å². The standard InChI is InChI=1S/C13H19F2NO4S/c1-4-21(17,18)8-9(2)16-10-5-6-11(19-3)12(7-10)20-13(14)15/h5-7,9,13,16H,4,8H2,1-3H3. The number of alkyl halides is 2. The first kappa shape index (κ1) is 17.5. The van der Waals surface area contributed by atoms with Crippen molar-refractivity contribution in [1.29, 1.82) is 0 Å². The van der Waals surface area contributed by atoms with Crippen LogP contribution in [0.15, 0.2) is 18.2 Å². The summed E-state index contributed by atoms with van der Waals surface area (Å²) in [5.74, 6) is 0.0832. The molecular formula is C13H19F2NO4S. The first-order chi connectivity index (χ1) is 9.77. The van der Waals surface area contributed by atoms with E-state index in [0.29, 0.717) is 5.69 Å². The number of hydrogen-bond donors (Lipinski definition) is 1. The Labute approximate surface area is 123 Å². The lowest BCUT2D eigenvalue weighted by molar-refractivity contribution is -0.0511. The molecule has 0 aliphatic rings. The fourth-order valence-corrected chi connectivity index (χ4v) is 2.86. The van der Waals surface area contributed by atoms with Gasteiger partial charge in [-0.2, -0.15) is 8.78 Å². The van der Waals surface area contributed by atoms with E-state index in [1.165, 1.54) is 19.2 Å². The Balaban J connectivity index is 2.84. The fourth-order valence-electron chi connectivity index (χ4n) is 1.78. The molecule has 0 saturated carbocycles. The monoisotopic (exact) mass is 323 g/mol. The van der Waals surface area contributed by atoms with Crippen LogP contribution in [0, 0.1) is 0 Å². The van der Waals surface area contributed by atoms with E-state index in [9.17, 15) is 17.2 Å². The number of rotatable bonds is 8. The molecule has 0 bridgehead atoms. The van der Waals surface area contributed by atoms with Crippen molar-refractivity contribution in [2.24, 2.45) is 0 Å². The highest BCUT2D eigenvalue weighted by molar-refractivity contribution is 7.91. The molecule has 0 fully saturated rings. The van der Waals surface area contributed by atoms with Crippen LogP contribution >= 0.6 is 0 Å². The first-order valence-electron chi connectivity index (χ1n) is 6.37. The summed E-state index contributed by atoms with van der Waals surface area (Å²) in [5, 5.41) is 2.94. The number of anilines is 1. The maximum atomic E-state index is 12.3. The van der Waals surface area contributed by atoms with E-state index in [0.717, 1.165) is 0 Å². The predicted octanol–water partition coefficient (Wildman–Crippen LogP) is 2.53. The molecule has 0 heterocycles. The zero-order valence-electron chi connectivity index (χ0n) is 12.1. The van der Waals surface area contributed by atoms with Crippen LogP contribution in [0.5, 0.6) is 11.5 Å². The van der Waals surface area contributed by atoms with E-state index in [1.54, 1.807) is 19.9 Å². The number of methoxy groups -OCH3 is 1. The van der Waals surface area contributed by atoms with Crippen molar-refractivity contribution in [3.8, 4) is 11.5 Å². The molecule has 21 heavy (non-hydrogen) atoms. The van der Waals surface area contributed by atoms with E-state index in [2.05, 4.69) is 10.1 Å². The molecule has 0 saturated heterocycles. The number of benzene rings is 1. The van der Waals surface area contributed by atoms with Gasteiger partial charge in [-0.3, -0.25) is 0 Å². The topological polar surface area (TPSA) is 64.6 Å². The average Bonchev–Trinajstić information content (AvgIpc) is 2.37. The van der Waals surface area contributed by atoms with Crippen molar-refractivity contribution in [2.75, 3.05) is 23.9 Å². The highest BCUT2D eigenvalue weighted by Crippen LogP contribution is 2.31. The summed E-state index contributed by atoms with van der Waals surface area (Å²) < 4.78 is 57.0. The predicted molar refractivity (Wildman–Crippen MR) is 77.0 cm³/mol. The molecule has 1 aromatic rings. The molecule has 8 heteroatoms. The van der Waals surface area contributed by atoms with E-state index in [-0.39, 0.29) is 29.0 Å². The van der Waals surface area contributed by atoms with Gasteiger partial charge in [0.25, 0.3) is 0 Å². The van der Waals surface area contributed by atoms with Crippen molar-refractivity contribution in [3.63, 3.8) is 0 Å². The summed E-state index contributed by atoms with van der Waals surface area (Å²) >= 11 is 0. The minimum Gasteiger partial charge on any atom is -0.493 e. The third kappa shape index (κ3) is 5.74. The van der Waals surface area contributed by atoms with E-state index in [1.807, 2.05) is 0 Å². The van der Waals surface area contributed by atoms with Crippen LogP contribution in [-0.4, -0.2) is 39.7 Å². The molecule has 1 aromatic carbocycles. The maximum absolute atomic E-state index is 12.3. The van der Waals surface area contributed by atoms with Gasteiger partial charge in [0, 0.05) is 23.5 Å². The smallest absolute Gasteiger partial charge is 0.387 e. The van der Waals surface area contributed by atoms with Gasteiger partial charge in [-0.25, -0.2) is 8.42 Å². The van der Waals surface area contributed by atoms with Crippen LogP contribution in [0.4, 0.5) is 14.5 Å². The van der Waals surface area contributed by atoms with E-state index >= 15 is 0 Å². The fraction of sp³-hybridized carbons (Fsp3) is 0.538. The van der Waals surface area contributed by atoms with Gasteiger partial charge in [-0.15, -0.1) is 0 Å². The summed E-state index contributed by atoms with van der Waals surface area (Å²) in [5.41, 5.74) is 0.477. The SMILES string of the molecule is CCS(=O)(=O)CC(C)Nc1ccc(OC)c(OC(F)F)c1. The molecule has 0 aliphatic carbocycles. The van der Waals surface area contributed by atoms with Crippen molar-refractivity contribution < 1.29 is 26.7 Å². The van der Waals surface area contributed by atoms with Gasteiger partial charge < -0.3 is 14.8 Å². The highest BCUT2D eigenvalue weighted by atomic mass is 32.2. The Morgan fingerprint density at radius 2 is 1.95 bits per heavy atom. The first-order valence-corrected chi connectivity index (χ1v) is 8.19. The number of sulfone groups is 1. The molecule has 0 spiro atoms. The molecule has 5 nitrogen and oxygen atoms in total. The van der Waals surface area contributed by atoms with Gasteiger partial charge >= 0.3 is 6.61 Å². The molecule has 1 rings (SSSR count). The van der Waals surface area contributed by atoms with Crippen molar-refractivity contribution >= 4 is 15.5 Å². The minimum absolute atomic E-state index is 0.0411. The second-order valence-electron chi connectivity index (χ2n) is 4.49. The Kier molecular flexibility index (Phi) is 6.19. The van der Waals surface area contributed by atoms with Crippen LogP contribution < -0.4 is 14.8 Å². The average molecular weight is 323 g/mol. The summed E-state index contributed by atoms with van der Waals surface area (Å²) in [6, 6.07) is 4.07. The zero-order valence-corrected chi connectivity index (χ0v) is 12.9. The van der Waals surface area contributed by atoms with E-state index in [4.69, 9.17) is 4.74 Å². The molecule has 0 aromatic heterocycles. The molecule has 1 N–H and O–H groups in total. The van der Waals surface area contributed by atoms with E-state index < -0.39 is 16.4 Å². The number of halogens is 2. The lowest BCUT2D eigenvalue weighted by atomic mass is 10.2. The summed E-state index contributed by atoms with van der Waals surface area (Å²) in [7, 11) is -1.77. The minimum atomic E-state index is -3.12. The van der Waals surface area contributed by atoms with Gasteiger partial charge in [0.05, 0.1) is 12.9 Å². The molecule has 0 radical (unpaired) electrons. The van der Waals surface area contributed by atoms with Crippen LogP contribution in [-0.2, 0) is 9.84 Å². The second kappa shape index (κ2) is 7.44. The normalized spacial score (nSPS) is 13.0. The molecule has 0 aliphatic heterocycles. The Hall–Kier alpha value is -1.57. The number of hydrogen-bond acceptors (Lipinski definition) is 5. The molecule has 1 atom stereocenters. The second-order valence-corrected chi connectivity index (χ2v) is 6.89. The summed E-state index contributed by atoms with van der Waals surface area (Å²) in [4.78, 5) is 0. The maximum Gasteiger partial charge on any atom is 0.387 e. The lowest BCUT2D eigenvalue weighted by Crippen LogP contribution is -2.26. The third-order valence-corrected chi connectivity index (χ3v) is 4.62. The number of nitrogens with one attached hydrogen (secondary N) is 1. The van der Waals surface area contributed by atoms with Crippen LogP contribution in [0.25, 0.3) is 0 Å². The Morgan fingerprint density at radius 1 is 1.29 bits per heavy atom. The van der Waals surface area contributed by atoms with Crippen molar-refractivity contribution in [1.82, 2.24) is 0 Å². The van der Waals surface area contributed by atoms with Gasteiger partial charge in [-0.05, 0) is 19.1 Å². The quantitative estimate of drug-likeness (QED) is 0.796. The van der Waals surface area contributed by atoms with Gasteiger partial charge in [0.1, 0.15) is 0 Å². The summed E-state index contributed by atoms with van der Waals surface area (Å²) in [6.07, 6.45) is 0. The Morgan fingerprint density at radius 3 is 2.48 bits per heavy atom. The van der Waals surface area contributed by atoms with Crippen LogP contribution in [0.1, 0.15) is 13.8 Å². The highest BCUT2D eigenvalue weighted by Gasteiger charge is 2.15. The molecule has 1 unspecified atom stereocenters. The van der Waals surface area contributed by atoms with Crippen molar-refractivity contribution in [2.45, 2.75) is 26.5 Å². The van der Waals surface area contributed by atoms with Gasteiger partial charge in [0.15, 0.2) is 21.3 Å². The van der Waals surface area contributed by atoms with Gasteiger partial charge in [-0.1, -0.05) is 6.92 Å². The van der Waals surface area contributed by atoms with Crippen molar-refractivity contribution in [3.05, 3.63) is 18.2 Å². The molecule has 120 valence electrons. The Bertz CT molecular complexity index is 563. The lowest BCUT2D eigenvalue weighted by Gasteiger charge is -2.17. The van der Waals surface area contributed by atoms with Crippen LogP contribution in [0.2, 0.25) is 0 Å². The zero-order chi connectivity index (χ0) is 16.0. The number of ether oxygens (including phenoxy) is 2. The largest absolute Gasteiger partial charge is 0.493 e. The molecule has 0 amide bonds. The third-order valence-electron chi connectivity index (χ3n) is 2.74. The van der Waals surface area contributed by atoms with Crippen LogP contribution in [0.3, 0.4) is 0 Å². The molecular weight excluding hydrogens is 304 g/mol. The summed E-state index contributed by atoms with van der Waals surface area (Å²) in [6.45, 7) is 0.307.